The standard InChI is InChI=1S/C15H20N2O4/c18-14(16-17-6-8-21-9-7-17)11-13(15(19)20)10-12-4-2-1-3-5-12/h1-5,13H,6-11H2,(H,16,18)(H,19,20)/t13-/m1/s1. The van der Waals surface area contributed by atoms with Crippen LogP contribution in [0.3, 0.4) is 0 Å². The highest BCUT2D eigenvalue weighted by atomic mass is 16.5. The molecule has 0 radical (unpaired) electrons. The van der Waals surface area contributed by atoms with E-state index in [1.165, 1.54) is 0 Å². The molecule has 1 heterocycles. The molecule has 0 spiro atoms. The molecule has 1 amide bonds. The molecule has 114 valence electrons. The largest absolute Gasteiger partial charge is 0.481 e. The molecule has 1 atom stereocenters. The molecular weight excluding hydrogens is 272 g/mol. The van der Waals surface area contributed by atoms with Crippen molar-refractivity contribution in [2.45, 2.75) is 12.8 Å². The van der Waals surface area contributed by atoms with E-state index in [1.54, 1.807) is 5.01 Å². The maximum absolute atomic E-state index is 12.0. The second-order valence-corrected chi connectivity index (χ2v) is 5.06. The van der Waals surface area contributed by atoms with E-state index in [-0.39, 0.29) is 12.3 Å². The van der Waals surface area contributed by atoms with Crippen LogP contribution in [0.1, 0.15) is 12.0 Å². The first-order valence-corrected chi connectivity index (χ1v) is 7.04. The number of hydrogen-bond donors (Lipinski definition) is 2. The van der Waals surface area contributed by atoms with Gasteiger partial charge in [0.15, 0.2) is 0 Å². The quantitative estimate of drug-likeness (QED) is 0.806. The number of nitrogens with zero attached hydrogens (tertiary/aromatic N) is 1. The van der Waals surface area contributed by atoms with Crippen LogP contribution < -0.4 is 5.43 Å². The van der Waals surface area contributed by atoms with Crippen LogP contribution in [0, 0.1) is 5.92 Å². The molecule has 1 fully saturated rings. The summed E-state index contributed by atoms with van der Waals surface area (Å²) in [7, 11) is 0. The molecule has 0 saturated carbocycles. The summed E-state index contributed by atoms with van der Waals surface area (Å²) in [5.41, 5.74) is 3.66. The Morgan fingerprint density at radius 1 is 1.24 bits per heavy atom. The molecule has 1 aromatic carbocycles. The number of carbonyl (C=O) groups is 2. The number of hydrazine groups is 1. The number of hydrogen-bond acceptors (Lipinski definition) is 4. The molecule has 21 heavy (non-hydrogen) atoms. The van der Waals surface area contributed by atoms with Crippen molar-refractivity contribution >= 4 is 11.9 Å². The topological polar surface area (TPSA) is 78.9 Å². The fraction of sp³-hybridized carbons (Fsp3) is 0.467. The van der Waals surface area contributed by atoms with Crippen LogP contribution in [-0.4, -0.2) is 48.3 Å². The van der Waals surface area contributed by atoms with Crippen molar-refractivity contribution < 1.29 is 19.4 Å². The first kappa shape index (κ1) is 15.5. The minimum Gasteiger partial charge on any atom is -0.481 e. The predicted octanol–water partition coefficient (Wildman–Crippen LogP) is 0.683. The van der Waals surface area contributed by atoms with Crippen LogP contribution in [0.5, 0.6) is 0 Å². The van der Waals surface area contributed by atoms with Gasteiger partial charge in [-0.15, -0.1) is 0 Å². The average Bonchev–Trinajstić information content (AvgIpc) is 2.48. The number of benzene rings is 1. The number of carboxylic acids is 1. The van der Waals surface area contributed by atoms with Crippen molar-refractivity contribution in [3.05, 3.63) is 35.9 Å². The van der Waals surface area contributed by atoms with Gasteiger partial charge in [-0.25, -0.2) is 5.01 Å². The average molecular weight is 292 g/mol. The van der Waals surface area contributed by atoms with E-state index >= 15 is 0 Å². The number of amides is 1. The summed E-state index contributed by atoms with van der Waals surface area (Å²) in [4.78, 5) is 23.3. The smallest absolute Gasteiger partial charge is 0.307 e. The summed E-state index contributed by atoms with van der Waals surface area (Å²) in [6.07, 6.45) is 0.328. The first-order chi connectivity index (χ1) is 10.1. The number of carbonyl (C=O) groups excluding carboxylic acids is 1. The number of ether oxygens (including phenoxy) is 1. The molecule has 6 nitrogen and oxygen atoms in total. The van der Waals surface area contributed by atoms with E-state index in [9.17, 15) is 14.7 Å². The van der Waals surface area contributed by atoms with Gasteiger partial charge in [0.2, 0.25) is 5.91 Å². The molecule has 6 heteroatoms. The Kier molecular flexibility index (Phi) is 5.71. The molecule has 1 aromatic rings. The lowest BCUT2D eigenvalue weighted by atomic mass is 9.96. The Hall–Kier alpha value is -1.92. The number of nitrogens with one attached hydrogen (secondary N) is 1. The Labute approximate surface area is 123 Å². The molecule has 0 unspecified atom stereocenters. The zero-order valence-electron chi connectivity index (χ0n) is 11.8. The van der Waals surface area contributed by atoms with Crippen molar-refractivity contribution in [1.29, 1.82) is 0 Å². The molecule has 0 aliphatic carbocycles. The van der Waals surface area contributed by atoms with Gasteiger partial charge in [0.1, 0.15) is 0 Å². The molecule has 1 saturated heterocycles. The summed E-state index contributed by atoms with van der Waals surface area (Å²) in [6, 6.07) is 9.35. The van der Waals surface area contributed by atoms with E-state index in [0.717, 1.165) is 5.56 Å². The minimum atomic E-state index is -0.948. The van der Waals surface area contributed by atoms with Crippen molar-refractivity contribution in [3.63, 3.8) is 0 Å². The fourth-order valence-corrected chi connectivity index (χ4v) is 2.27. The predicted molar refractivity (Wildman–Crippen MR) is 76.4 cm³/mol. The van der Waals surface area contributed by atoms with Crippen molar-refractivity contribution in [1.82, 2.24) is 10.4 Å². The number of morpholine rings is 1. The lowest BCUT2D eigenvalue weighted by Gasteiger charge is -2.27. The van der Waals surface area contributed by atoms with Crippen molar-refractivity contribution in [3.8, 4) is 0 Å². The Bertz CT molecular complexity index is 472. The normalized spacial score (nSPS) is 17.1. The molecule has 2 rings (SSSR count). The third kappa shape index (κ3) is 5.17. The maximum atomic E-state index is 12.0. The SMILES string of the molecule is O=C(C[C@@H](Cc1ccccc1)C(=O)O)NN1CCOCC1. The van der Waals surface area contributed by atoms with Gasteiger partial charge in [0.05, 0.1) is 19.1 Å². The molecule has 1 aliphatic heterocycles. The third-order valence-electron chi connectivity index (χ3n) is 3.40. The van der Waals surface area contributed by atoms with Gasteiger partial charge in [-0.2, -0.15) is 0 Å². The fourth-order valence-electron chi connectivity index (χ4n) is 2.27. The van der Waals surface area contributed by atoms with Crippen LogP contribution in [0.15, 0.2) is 30.3 Å². The van der Waals surface area contributed by atoms with E-state index in [4.69, 9.17) is 4.74 Å². The van der Waals surface area contributed by atoms with E-state index in [2.05, 4.69) is 5.43 Å². The number of aliphatic carboxylic acids is 1. The van der Waals surface area contributed by atoms with Gasteiger partial charge in [0, 0.05) is 19.5 Å². The van der Waals surface area contributed by atoms with E-state index < -0.39 is 11.9 Å². The van der Waals surface area contributed by atoms with E-state index in [0.29, 0.717) is 32.7 Å². The Balaban J connectivity index is 1.86. The van der Waals surface area contributed by atoms with Crippen molar-refractivity contribution in [2.75, 3.05) is 26.3 Å². The van der Waals surface area contributed by atoms with Crippen LogP contribution in [0.2, 0.25) is 0 Å². The summed E-state index contributed by atoms with van der Waals surface area (Å²) in [6.45, 7) is 2.41. The van der Waals surface area contributed by atoms with Crippen LogP contribution in [0.4, 0.5) is 0 Å². The van der Waals surface area contributed by atoms with Gasteiger partial charge in [0.25, 0.3) is 0 Å². The van der Waals surface area contributed by atoms with Crippen LogP contribution >= 0.6 is 0 Å². The summed E-state index contributed by atoms with van der Waals surface area (Å²) in [5.74, 6) is -1.93. The highest BCUT2D eigenvalue weighted by Crippen LogP contribution is 2.13. The third-order valence-corrected chi connectivity index (χ3v) is 3.40. The molecule has 0 aromatic heterocycles. The lowest BCUT2D eigenvalue weighted by molar-refractivity contribution is -0.145. The zero-order chi connectivity index (χ0) is 15.1. The minimum absolute atomic E-state index is 0.0262. The van der Waals surface area contributed by atoms with Gasteiger partial charge >= 0.3 is 5.97 Å². The van der Waals surface area contributed by atoms with Gasteiger partial charge in [-0.3, -0.25) is 15.0 Å². The van der Waals surface area contributed by atoms with Gasteiger partial charge in [-0.1, -0.05) is 30.3 Å². The van der Waals surface area contributed by atoms with Crippen LogP contribution in [0.25, 0.3) is 0 Å². The van der Waals surface area contributed by atoms with Gasteiger partial charge < -0.3 is 9.84 Å². The zero-order valence-corrected chi connectivity index (χ0v) is 11.8. The molecule has 0 bridgehead atoms. The monoisotopic (exact) mass is 292 g/mol. The lowest BCUT2D eigenvalue weighted by Crippen LogP contribution is -2.49. The van der Waals surface area contributed by atoms with Gasteiger partial charge in [-0.05, 0) is 12.0 Å². The number of carboxylic acid groups (broad SMARTS) is 1. The Morgan fingerprint density at radius 3 is 2.52 bits per heavy atom. The maximum Gasteiger partial charge on any atom is 0.307 e. The van der Waals surface area contributed by atoms with Crippen molar-refractivity contribution in [2.24, 2.45) is 5.92 Å². The second kappa shape index (κ2) is 7.75. The summed E-state index contributed by atoms with van der Waals surface area (Å²) in [5, 5.41) is 11.0. The Morgan fingerprint density at radius 2 is 1.90 bits per heavy atom. The molecule has 2 N–H and O–H groups in total. The molecule has 1 aliphatic rings. The summed E-state index contributed by atoms with van der Waals surface area (Å²) >= 11 is 0. The molecular formula is C15H20N2O4. The van der Waals surface area contributed by atoms with E-state index in [1.807, 2.05) is 30.3 Å². The summed E-state index contributed by atoms with van der Waals surface area (Å²) < 4.78 is 5.19. The second-order valence-electron chi connectivity index (χ2n) is 5.06. The first-order valence-electron chi connectivity index (χ1n) is 7.04. The van der Waals surface area contributed by atoms with Crippen LogP contribution in [-0.2, 0) is 20.7 Å². The highest BCUT2D eigenvalue weighted by Gasteiger charge is 2.23. The highest BCUT2D eigenvalue weighted by molar-refractivity contribution is 5.82. The number of rotatable bonds is 6.